The second-order valence-electron chi connectivity index (χ2n) is 6.18. The number of halogens is 1. The molecule has 10 nitrogen and oxygen atoms in total. The van der Waals surface area contributed by atoms with Gasteiger partial charge in [-0.15, -0.1) is 0 Å². The standard InChI is InChI=1S/C20H37BrO10/c21-5-6-25-7-8-26-9-10-27-11-12-28-13-14-29-15-16-30-17-18-31-20(24)4-2-1-3-19(22)23/h1-18H2,(H,22,23). The van der Waals surface area contributed by atoms with E-state index in [1.54, 1.807) is 0 Å². The minimum Gasteiger partial charge on any atom is -0.481 e. The second-order valence-corrected chi connectivity index (χ2v) is 6.98. The van der Waals surface area contributed by atoms with Crippen LogP contribution < -0.4 is 0 Å². The SMILES string of the molecule is O=C(O)CCCCC(=O)OCCOCCOCCOCCOCCOCCOCCBr. The maximum atomic E-state index is 11.4. The van der Waals surface area contributed by atoms with Gasteiger partial charge in [0.05, 0.1) is 79.3 Å². The van der Waals surface area contributed by atoms with Gasteiger partial charge in [-0.3, -0.25) is 9.59 Å². The fourth-order valence-electron chi connectivity index (χ4n) is 2.09. The van der Waals surface area contributed by atoms with Crippen molar-refractivity contribution in [3.63, 3.8) is 0 Å². The number of carbonyl (C=O) groups is 2. The number of carboxylic acid groups (broad SMARTS) is 1. The smallest absolute Gasteiger partial charge is 0.305 e. The molecule has 0 radical (unpaired) electrons. The Balaban J connectivity index is 3.10. The zero-order valence-electron chi connectivity index (χ0n) is 18.2. The summed E-state index contributed by atoms with van der Waals surface area (Å²) in [6.45, 7) is 6.15. The third-order valence-corrected chi connectivity index (χ3v) is 3.92. The predicted octanol–water partition coefficient (Wildman–Crippen LogP) is 1.67. The molecule has 11 heteroatoms. The number of ether oxygens (including phenoxy) is 7. The van der Waals surface area contributed by atoms with Crippen LogP contribution in [0.15, 0.2) is 0 Å². The quantitative estimate of drug-likeness (QED) is 0.109. The lowest BCUT2D eigenvalue weighted by atomic mass is 10.2. The van der Waals surface area contributed by atoms with Gasteiger partial charge < -0.3 is 38.3 Å². The van der Waals surface area contributed by atoms with Crippen molar-refractivity contribution in [3.05, 3.63) is 0 Å². The Morgan fingerprint density at radius 2 is 0.903 bits per heavy atom. The van der Waals surface area contributed by atoms with E-state index in [1.165, 1.54) is 0 Å². The van der Waals surface area contributed by atoms with Gasteiger partial charge in [0, 0.05) is 18.2 Å². The van der Waals surface area contributed by atoms with E-state index in [4.69, 9.17) is 38.3 Å². The first-order valence-corrected chi connectivity index (χ1v) is 11.7. The van der Waals surface area contributed by atoms with Crippen LogP contribution in [0.4, 0.5) is 0 Å². The minimum absolute atomic E-state index is 0.0689. The van der Waals surface area contributed by atoms with Crippen molar-refractivity contribution in [2.45, 2.75) is 25.7 Å². The van der Waals surface area contributed by atoms with Crippen LogP contribution in [-0.2, 0) is 42.7 Å². The van der Waals surface area contributed by atoms with E-state index in [-0.39, 0.29) is 25.4 Å². The summed E-state index contributed by atoms with van der Waals surface area (Å²) in [7, 11) is 0. The number of unbranched alkanes of at least 4 members (excludes halogenated alkanes) is 1. The third-order valence-electron chi connectivity index (χ3n) is 3.59. The average Bonchev–Trinajstić information content (AvgIpc) is 2.75. The zero-order chi connectivity index (χ0) is 22.8. The minimum atomic E-state index is -0.857. The molecule has 0 rings (SSSR count). The Morgan fingerprint density at radius 3 is 1.29 bits per heavy atom. The lowest BCUT2D eigenvalue weighted by Gasteiger charge is -2.08. The van der Waals surface area contributed by atoms with Crippen molar-refractivity contribution in [2.75, 3.05) is 91.2 Å². The molecule has 0 aliphatic rings. The fraction of sp³-hybridized carbons (Fsp3) is 0.900. The monoisotopic (exact) mass is 516 g/mol. The van der Waals surface area contributed by atoms with E-state index >= 15 is 0 Å². The van der Waals surface area contributed by atoms with E-state index in [0.717, 1.165) is 5.33 Å². The summed E-state index contributed by atoms with van der Waals surface area (Å²) in [5.41, 5.74) is 0. The maximum absolute atomic E-state index is 11.4. The molecule has 0 aliphatic carbocycles. The van der Waals surface area contributed by atoms with Crippen molar-refractivity contribution >= 4 is 27.9 Å². The van der Waals surface area contributed by atoms with E-state index in [2.05, 4.69) is 15.9 Å². The molecule has 0 aromatic rings. The third kappa shape index (κ3) is 27.1. The summed E-state index contributed by atoms with van der Waals surface area (Å²) >= 11 is 3.28. The Kier molecular flexibility index (Phi) is 24.8. The van der Waals surface area contributed by atoms with Gasteiger partial charge >= 0.3 is 11.9 Å². The molecule has 0 saturated carbocycles. The molecule has 31 heavy (non-hydrogen) atoms. The predicted molar refractivity (Wildman–Crippen MR) is 116 cm³/mol. The Morgan fingerprint density at radius 1 is 0.548 bits per heavy atom. The van der Waals surface area contributed by atoms with E-state index in [0.29, 0.717) is 92.1 Å². The average molecular weight is 517 g/mol. The van der Waals surface area contributed by atoms with Gasteiger partial charge in [-0.1, -0.05) is 15.9 Å². The Bertz CT molecular complexity index is 411. The molecule has 0 aliphatic heterocycles. The van der Waals surface area contributed by atoms with Gasteiger partial charge in [-0.05, 0) is 12.8 Å². The highest BCUT2D eigenvalue weighted by atomic mass is 79.9. The number of hydrogen-bond acceptors (Lipinski definition) is 9. The number of esters is 1. The molecule has 0 unspecified atom stereocenters. The number of alkyl halides is 1. The van der Waals surface area contributed by atoms with Crippen LogP contribution in [0, 0.1) is 0 Å². The maximum Gasteiger partial charge on any atom is 0.305 e. The zero-order valence-corrected chi connectivity index (χ0v) is 19.8. The number of rotatable bonds is 25. The molecule has 1 N–H and O–H groups in total. The van der Waals surface area contributed by atoms with Crippen molar-refractivity contribution in [1.82, 2.24) is 0 Å². The fourth-order valence-corrected chi connectivity index (χ4v) is 2.32. The highest BCUT2D eigenvalue weighted by Crippen LogP contribution is 2.01. The van der Waals surface area contributed by atoms with Crippen molar-refractivity contribution in [2.24, 2.45) is 0 Å². The first kappa shape index (κ1) is 30.2. The molecule has 184 valence electrons. The Hall–Kier alpha value is -0.820. The van der Waals surface area contributed by atoms with Crippen molar-refractivity contribution in [1.29, 1.82) is 0 Å². The second kappa shape index (κ2) is 25.4. The van der Waals surface area contributed by atoms with E-state index in [9.17, 15) is 9.59 Å². The van der Waals surface area contributed by atoms with Gasteiger partial charge in [0.25, 0.3) is 0 Å². The summed E-state index contributed by atoms with van der Waals surface area (Å²) in [5.74, 6) is -1.20. The summed E-state index contributed by atoms with van der Waals surface area (Å²) in [6.07, 6.45) is 1.27. The van der Waals surface area contributed by atoms with Crippen LogP contribution in [0.3, 0.4) is 0 Å². The molecule has 0 atom stereocenters. The molecular formula is C20H37BrO10. The van der Waals surface area contributed by atoms with Crippen LogP contribution >= 0.6 is 15.9 Å². The van der Waals surface area contributed by atoms with Crippen LogP contribution in [0.25, 0.3) is 0 Å². The molecule has 0 aromatic carbocycles. The summed E-state index contributed by atoms with van der Waals surface area (Å²) in [6, 6.07) is 0. The van der Waals surface area contributed by atoms with Gasteiger partial charge in [-0.25, -0.2) is 0 Å². The summed E-state index contributed by atoms with van der Waals surface area (Å²) in [5, 5.41) is 9.33. The lowest BCUT2D eigenvalue weighted by molar-refractivity contribution is -0.146. The van der Waals surface area contributed by atoms with Crippen molar-refractivity contribution < 1.29 is 47.9 Å². The van der Waals surface area contributed by atoms with Gasteiger partial charge in [0.2, 0.25) is 0 Å². The number of carbonyl (C=O) groups excluding carboxylic acids is 1. The van der Waals surface area contributed by atoms with Gasteiger partial charge in [0.1, 0.15) is 6.61 Å². The van der Waals surface area contributed by atoms with Gasteiger partial charge in [0.15, 0.2) is 0 Å². The molecule has 0 spiro atoms. The molecule has 0 fully saturated rings. The Labute approximate surface area is 192 Å². The van der Waals surface area contributed by atoms with Crippen LogP contribution in [0.5, 0.6) is 0 Å². The van der Waals surface area contributed by atoms with Crippen LogP contribution in [0.2, 0.25) is 0 Å². The van der Waals surface area contributed by atoms with Crippen molar-refractivity contribution in [3.8, 4) is 0 Å². The first-order chi connectivity index (χ1) is 15.2. The molecule has 0 bridgehead atoms. The normalized spacial score (nSPS) is 11.0. The van der Waals surface area contributed by atoms with Gasteiger partial charge in [-0.2, -0.15) is 0 Å². The molecule has 0 saturated heterocycles. The van der Waals surface area contributed by atoms with Crippen LogP contribution in [-0.4, -0.2) is 108 Å². The lowest BCUT2D eigenvalue weighted by Crippen LogP contribution is -2.15. The topological polar surface area (TPSA) is 119 Å². The van der Waals surface area contributed by atoms with E-state index < -0.39 is 5.97 Å². The number of hydrogen-bond donors (Lipinski definition) is 1. The largest absolute Gasteiger partial charge is 0.481 e. The first-order valence-electron chi connectivity index (χ1n) is 10.6. The highest BCUT2D eigenvalue weighted by molar-refractivity contribution is 9.09. The van der Waals surface area contributed by atoms with Crippen LogP contribution in [0.1, 0.15) is 25.7 Å². The molecule has 0 heterocycles. The molecular weight excluding hydrogens is 480 g/mol. The number of aliphatic carboxylic acids is 1. The molecule has 0 amide bonds. The summed E-state index contributed by atoms with van der Waals surface area (Å²) < 4.78 is 37.0. The number of carboxylic acids is 1. The highest BCUT2D eigenvalue weighted by Gasteiger charge is 2.04. The van der Waals surface area contributed by atoms with E-state index in [1.807, 2.05) is 0 Å². The summed E-state index contributed by atoms with van der Waals surface area (Å²) in [4.78, 5) is 21.7. The molecule has 0 aromatic heterocycles.